The Morgan fingerprint density at radius 1 is 1.23 bits per heavy atom. The van der Waals surface area contributed by atoms with Gasteiger partial charge in [-0.25, -0.2) is 0 Å². The Hall–Kier alpha value is -1.92. The van der Waals surface area contributed by atoms with E-state index in [0.717, 1.165) is 20.9 Å². The van der Waals surface area contributed by atoms with Crippen LogP contribution in [0.5, 0.6) is 0 Å². The molecule has 22 heavy (non-hydrogen) atoms. The lowest BCUT2D eigenvalue weighted by Gasteiger charge is -1.97. The Morgan fingerprint density at radius 2 is 2.00 bits per heavy atom. The van der Waals surface area contributed by atoms with Gasteiger partial charge >= 0.3 is 0 Å². The summed E-state index contributed by atoms with van der Waals surface area (Å²) in [6.07, 6.45) is 0. The molecule has 0 aliphatic carbocycles. The van der Waals surface area contributed by atoms with Crippen LogP contribution in [-0.2, 0) is 0 Å². The quantitative estimate of drug-likeness (QED) is 0.513. The third kappa shape index (κ3) is 3.28. The topological polar surface area (TPSA) is 56.0 Å². The maximum absolute atomic E-state index is 12.2. The normalized spacial score (nSPS) is 10.8. The molecule has 0 spiro atoms. The molecule has 0 atom stereocenters. The molecule has 0 fully saturated rings. The molecule has 0 radical (unpaired) electrons. The summed E-state index contributed by atoms with van der Waals surface area (Å²) in [4.78, 5) is 14.4. The van der Waals surface area contributed by atoms with Crippen LogP contribution in [0.1, 0.15) is 20.1 Å². The van der Waals surface area contributed by atoms with Gasteiger partial charge in [-0.15, -0.1) is 21.5 Å². The van der Waals surface area contributed by atoms with Crippen LogP contribution in [0.15, 0.2) is 46.0 Å². The molecule has 4 nitrogen and oxygen atoms in total. The minimum Gasteiger partial charge on any atom is -0.411 e. The molecule has 0 saturated carbocycles. The highest BCUT2D eigenvalue weighted by Gasteiger charge is 2.15. The highest BCUT2D eigenvalue weighted by Crippen LogP contribution is 2.26. The lowest BCUT2D eigenvalue weighted by Crippen LogP contribution is -2.02. The lowest BCUT2D eigenvalue weighted by molar-refractivity contribution is 0.102. The van der Waals surface area contributed by atoms with Crippen molar-refractivity contribution in [1.82, 2.24) is 10.2 Å². The van der Waals surface area contributed by atoms with Crippen LogP contribution in [0.3, 0.4) is 0 Å². The van der Waals surface area contributed by atoms with Crippen LogP contribution in [0.4, 0.5) is 0 Å². The lowest BCUT2D eigenvalue weighted by atomic mass is 10.2. The number of aromatic nitrogens is 2. The molecule has 0 unspecified atom stereocenters. The van der Waals surface area contributed by atoms with Crippen LogP contribution in [-0.4, -0.2) is 21.7 Å². The van der Waals surface area contributed by atoms with Crippen LogP contribution < -0.4 is 0 Å². The molecule has 0 saturated heterocycles. The second kappa shape index (κ2) is 6.46. The zero-order valence-corrected chi connectivity index (χ0v) is 13.8. The summed E-state index contributed by atoms with van der Waals surface area (Å²) in [7, 11) is 0. The number of hydrogen-bond acceptors (Lipinski definition) is 6. The van der Waals surface area contributed by atoms with Crippen molar-refractivity contribution in [2.24, 2.45) is 0 Å². The van der Waals surface area contributed by atoms with Gasteiger partial charge < -0.3 is 4.42 Å². The van der Waals surface area contributed by atoms with Crippen molar-refractivity contribution in [3.05, 3.63) is 51.7 Å². The van der Waals surface area contributed by atoms with E-state index in [1.54, 1.807) is 11.3 Å². The second-order valence-corrected chi connectivity index (χ2v) is 7.16. The van der Waals surface area contributed by atoms with Gasteiger partial charge in [-0.1, -0.05) is 30.0 Å². The van der Waals surface area contributed by atoms with Gasteiger partial charge in [0, 0.05) is 20.9 Å². The number of benzene rings is 1. The van der Waals surface area contributed by atoms with E-state index in [9.17, 15) is 4.79 Å². The van der Waals surface area contributed by atoms with Crippen LogP contribution in [0.2, 0.25) is 0 Å². The predicted molar refractivity (Wildman–Crippen MR) is 88.6 cm³/mol. The molecule has 3 rings (SSSR count). The van der Waals surface area contributed by atoms with Crippen molar-refractivity contribution in [3.63, 3.8) is 0 Å². The smallest absolute Gasteiger partial charge is 0.277 e. The van der Waals surface area contributed by atoms with Crippen molar-refractivity contribution in [2.45, 2.75) is 19.1 Å². The van der Waals surface area contributed by atoms with Crippen molar-refractivity contribution < 1.29 is 9.21 Å². The van der Waals surface area contributed by atoms with E-state index in [-0.39, 0.29) is 5.78 Å². The SMILES string of the molecule is Cc1cc(C(=O)CSc2nnc(-c3ccccc3)o2)c(C)s1. The number of nitrogens with zero attached hydrogens (tertiary/aromatic N) is 2. The summed E-state index contributed by atoms with van der Waals surface area (Å²) in [5.41, 5.74) is 1.66. The first kappa shape index (κ1) is 15.0. The van der Waals surface area contributed by atoms with Gasteiger partial charge in [0.05, 0.1) is 5.75 Å². The zero-order valence-electron chi connectivity index (χ0n) is 12.2. The molecule has 1 aromatic carbocycles. The number of Topliss-reactive ketones (excluding diaryl/α,β-unsaturated/α-hetero) is 1. The molecule has 6 heteroatoms. The molecule has 0 amide bonds. The van der Waals surface area contributed by atoms with E-state index in [1.807, 2.05) is 50.2 Å². The summed E-state index contributed by atoms with van der Waals surface area (Å²) < 4.78 is 5.58. The summed E-state index contributed by atoms with van der Waals surface area (Å²) in [6.45, 7) is 3.97. The number of hydrogen-bond donors (Lipinski definition) is 0. The fourth-order valence-electron chi connectivity index (χ4n) is 2.08. The second-order valence-electron chi connectivity index (χ2n) is 4.78. The molecular formula is C16H14N2O2S2. The first-order chi connectivity index (χ1) is 10.6. The average molecular weight is 330 g/mol. The molecule has 0 aliphatic rings. The average Bonchev–Trinajstić information content (AvgIpc) is 3.12. The van der Waals surface area contributed by atoms with Crippen molar-refractivity contribution in [2.75, 3.05) is 5.75 Å². The fraction of sp³-hybridized carbons (Fsp3) is 0.188. The predicted octanol–water partition coefficient (Wildman–Crippen LogP) is 4.39. The first-order valence-electron chi connectivity index (χ1n) is 6.75. The maximum atomic E-state index is 12.2. The van der Waals surface area contributed by atoms with Crippen molar-refractivity contribution in [3.8, 4) is 11.5 Å². The summed E-state index contributed by atoms with van der Waals surface area (Å²) >= 11 is 2.91. The number of carbonyl (C=O) groups is 1. The molecule has 0 bridgehead atoms. The van der Waals surface area contributed by atoms with Gasteiger partial charge in [0.2, 0.25) is 5.89 Å². The van der Waals surface area contributed by atoms with Gasteiger partial charge in [-0.05, 0) is 32.0 Å². The standard InChI is InChI=1S/C16H14N2O2S2/c1-10-8-13(11(2)22-10)14(19)9-21-16-18-17-15(20-16)12-6-4-3-5-7-12/h3-8H,9H2,1-2H3. The molecule has 2 heterocycles. The van der Waals surface area contributed by atoms with E-state index in [4.69, 9.17) is 4.42 Å². The molecular weight excluding hydrogens is 316 g/mol. The summed E-state index contributed by atoms with van der Waals surface area (Å²) in [5.74, 6) is 0.859. The third-order valence-corrected chi connectivity index (χ3v) is 4.88. The van der Waals surface area contributed by atoms with Crippen molar-refractivity contribution in [1.29, 1.82) is 0 Å². The Labute approximate surface area is 136 Å². The monoisotopic (exact) mass is 330 g/mol. The van der Waals surface area contributed by atoms with Gasteiger partial charge in [-0.3, -0.25) is 4.79 Å². The molecule has 0 N–H and O–H groups in total. The largest absolute Gasteiger partial charge is 0.411 e. The number of thioether (sulfide) groups is 1. The van der Waals surface area contributed by atoms with Crippen LogP contribution in [0, 0.1) is 13.8 Å². The summed E-state index contributed by atoms with van der Waals surface area (Å²) in [6, 6.07) is 11.5. The highest BCUT2D eigenvalue weighted by molar-refractivity contribution is 7.99. The number of thiophene rings is 1. The van der Waals surface area contributed by atoms with Gasteiger partial charge in [-0.2, -0.15) is 0 Å². The Balaban J connectivity index is 1.66. The number of ketones is 1. The minimum absolute atomic E-state index is 0.0892. The molecule has 112 valence electrons. The van der Waals surface area contributed by atoms with Gasteiger partial charge in [0.15, 0.2) is 5.78 Å². The fourth-order valence-corrected chi connectivity index (χ4v) is 3.67. The molecule has 3 aromatic rings. The van der Waals surface area contributed by atoms with E-state index in [0.29, 0.717) is 16.9 Å². The third-order valence-electron chi connectivity index (χ3n) is 3.10. The van der Waals surface area contributed by atoms with E-state index < -0.39 is 0 Å². The van der Waals surface area contributed by atoms with Crippen LogP contribution >= 0.6 is 23.1 Å². The Bertz CT molecular complexity index is 794. The highest BCUT2D eigenvalue weighted by atomic mass is 32.2. The first-order valence-corrected chi connectivity index (χ1v) is 8.55. The molecule has 2 aromatic heterocycles. The van der Waals surface area contributed by atoms with E-state index in [1.165, 1.54) is 11.8 Å². The van der Waals surface area contributed by atoms with Crippen molar-refractivity contribution >= 4 is 28.9 Å². The maximum Gasteiger partial charge on any atom is 0.277 e. The van der Waals surface area contributed by atoms with E-state index >= 15 is 0 Å². The van der Waals surface area contributed by atoms with Crippen LogP contribution in [0.25, 0.3) is 11.5 Å². The molecule has 0 aliphatic heterocycles. The van der Waals surface area contributed by atoms with Gasteiger partial charge in [0.1, 0.15) is 0 Å². The van der Waals surface area contributed by atoms with E-state index in [2.05, 4.69) is 10.2 Å². The Morgan fingerprint density at radius 3 is 2.68 bits per heavy atom. The number of aryl methyl sites for hydroxylation is 2. The summed E-state index contributed by atoms with van der Waals surface area (Å²) in [5, 5.41) is 8.41. The van der Waals surface area contributed by atoms with Gasteiger partial charge in [0.25, 0.3) is 5.22 Å². The Kier molecular flexibility index (Phi) is 4.40. The number of rotatable bonds is 5. The zero-order chi connectivity index (χ0) is 15.5. The minimum atomic E-state index is 0.0892. The number of carbonyl (C=O) groups excluding carboxylic acids is 1.